The molecular formula is C10H15Br2NOS. The van der Waals surface area contributed by atoms with E-state index in [9.17, 15) is 0 Å². The van der Waals surface area contributed by atoms with E-state index in [0.29, 0.717) is 5.92 Å². The molecule has 2 N–H and O–H groups in total. The van der Waals surface area contributed by atoms with Gasteiger partial charge in [0.1, 0.15) is 0 Å². The zero-order chi connectivity index (χ0) is 11.3. The second kappa shape index (κ2) is 7.01. The standard InChI is InChI=1S/C10H15Br2NOS/c1-7(2-3-14)5-13-6-8-4-9(11)10(12)15-8/h4,7,13-14H,2-3,5-6H2,1H3. The molecule has 0 saturated heterocycles. The molecule has 0 saturated carbocycles. The van der Waals surface area contributed by atoms with Gasteiger partial charge in [0.2, 0.25) is 0 Å². The van der Waals surface area contributed by atoms with Crippen LogP contribution >= 0.6 is 43.2 Å². The molecule has 86 valence electrons. The fraction of sp³-hybridized carbons (Fsp3) is 0.600. The SMILES string of the molecule is CC(CCO)CNCc1cc(Br)c(Br)s1. The molecule has 1 aromatic rings. The highest BCUT2D eigenvalue weighted by Crippen LogP contribution is 2.32. The van der Waals surface area contributed by atoms with Gasteiger partial charge in [-0.2, -0.15) is 0 Å². The number of rotatable bonds is 6. The Bertz CT molecular complexity index is 284. The van der Waals surface area contributed by atoms with Gasteiger partial charge in [0, 0.05) is 22.5 Å². The Labute approximate surface area is 111 Å². The molecule has 0 fully saturated rings. The van der Waals surface area contributed by atoms with Crippen LogP contribution in [0.4, 0.5) is 0 Å². The molecule has 5 heteroatoms. The average molecular weight is 357 g/mol. The molecule has 1 heterocycles. The number of nitrogens with one attached hydrogen (secondary N) is 1. The summed E-state index contributed by atoms with van der Waals surface area (Å²) in [6, 6.07) is 2.12. The average Bonchev–Trinajstić information content (AvgIpc) is 2.46. The molecule has 0 aliphatic carbocycles. The van der Waals surface area contributed by atoms with Crippen molar-refractivity contribution in [3.05, 3.63) is 19.2 Å². The summed E-state index contributed by atoms with van der Waals surface area (Å²) in [4.78, 5) is 1.31. The fourth-order valence-corrected chi connectivity index (χ4v) is 3.39. The van der Waals surface area contributed by atoms with Crippen molar-refractivity contribution in [1.82, 2.24) is 5.32 Å². The third-order valence-corrected chi connectivity index (χ3v) is 5.37. The van der Waals surface area contributed by atoms with Crippen molar-refractivity contribution >= 4 is 43.2 Å². The first-order chi connectivity index (χ1) is 7.13. The Hall–Kier alpha value is 0.580. The summed E-state index contributed by atoms with van der Waals surface area (Å²) in [7, 11) is 0. The molecular weight excluding hydrogens is 342 g/mol. The van der Waals surface area contributed by atoms with Crippen LogP contribution in [-0.4, -0.2) is 18.3 Å². The van der Waals surface area contributed by atoms with Gasteiger partial charge < -0.3 is 10.4 Å². The molecule has 0 spiro atoms. The first kappa shape index (κ1) is 13.6. The van der Waals surface area contributed by atoms with E-state index in [1.165, 1.54) is 4.88 Å². The highest BCUT2D eigenvalue weighted by atomic mass is 79.9. The number of halogens is 2. The van der Waals surface area contributed by atoms with E-state index in [-0.39, 0.29) is 6.61 Å². The van der Waals surface area contributed by atoms with Crippen LogP contribution in [0.25, 0.3) is 0 Å². The van der Waals surface area contributed by atoms with Gasteiger partial charge in [-0.3, -0.25) is 0 Å². The fourth-order valence-electron chi connectivity index (χ4n) is 1.24. The van der Waals surface area contributed by atoms with Crippen molar-refractivity contribution in [3.63, 3.8) is 0 Å². The second-order valence-corrected chi connectivity index (χ2v) is 6.89. The lowest BCUT2D eigenvalue weighted by molar-refractivity contribution is 0.260. The Balaban J connectivity index is 2.25. The third kappa shape index (κ3) is 4.95. The second-order valence-electron chi connectivity index (χ2n) is 3.58. The lowest BCUT2D eigenvalue weighted by Gasteiger charge is -2.09. The molecule has 0 bridgehead atoms. The van der Waals surface area contributed by atoms with Gasteiger partial charge in [-0.25, -0.2) is 0 Å². The predicted molar refractivity (Wildman–Crippen MR) is 72.3 cm³/mol. The maximum Gasteiger partial charge on any atom is 0.0843 e. The van der Waals surface area contributed by atoms with Crippen molar-refractivity contribution in [3.8, 4) is 0 Å². The van der Waals surface area contributed by atoms with Gasteiger partial charge >= 0.3 is 0 Å². The van der Waals surface area contributed by atoms with E-state index in [4.69, 9.17) is 5.11 Å². The van der Waals surface area contributed by atoms with E-state index in [0.717, 1.165) is 27.8 Å². The molecule has 0 aliphatic heterocycles. The van der Waals surface area contributed by atoms with Crippen molar-refractivity contribution < 1.29 is 5.11 Å². The maximum absolute atomic E-state index is 8.75. The lowest BCUT2D eigenvalue weighted by Crippen LogP contribution is -2.20. The number of hydrogen-bond donors (Lipinski definition) is 2. The number of hydrogen-bond acceptors (Lipinski definition) is 3. The molecule has 0 radical (unpaired) electrons. The van der Waals surface area contributed by atoms with Crippen LogP contribution < -0.4 is 5.32 Å². The summed E-state index contributed by atoms with van der Waals surface area (Å²) in [5.74, 6) is 0.529. The maximum atomic E-state index is 8.75. The van der Waals surface area contributed by atoms with Crippen molar-refractivity contribution in [2.75, 3.05) is 13.2 Å². The van der Waals surface area contributed by atoms with Crippen molar-refractivity contribution in [2.45, 2.75) is 19.9 Å². The van der Waals surface area contributed by atoms with Crippen LogP contribution in [0.3, 0.4) is 0 Å². The number of aliphatic hydroxyl groups is 1. The van der Waals surface area contributed by atoms with Crippen molar-refractivity contribution in [1.29, 1.82) is 0 Å². The van der Waals surface area contributed by atoms with Crippen LogP contribution in [-0.2, 0) is 6.54 Å². The number of aliphatic hydroxyl groups excluding tert-OH is 1. The molecule has 1 unspecified atom stereocenters. The quantitative estimate of drug-likeness (QED) is 0.818. The summed E-state index contributed by atoms with van der Waals surface area (Å²) in [6.07, 6.45) is 0.866. The smallest absolute Gasteiger partial charge is 0.0843 e. The van der Waals surface area contributed by atoms with Gasteiger partial charge in [-0.1, -0.05) is 6.92 Å². The first-order valence-electron chi connectivity index (χ1n) is 4.88. The van der Waals surface area contributed by atoms with Crippen LogP contribution in [0.1, 0.15) is 18.2 Å². The minimum atomic E-state index is 0.277. The molecule has 15 heavy (non-hydrogen) atoms. The Kier molecular flexibility index (Phi) is 6.38. The van der Waals surface area contributed by atoms with Gasteiger partial charge in [-0.15, -0.1) is 11.3 Å². The van der Waals surface area contributed by atoms with Gasteiger partial charge in [-0.05, 0) is 56.8 Å². The minimum absolute atomic E-state index is 0.277. The van der Waals surface area contributed by atoms with E-state index in [1.54, 1.807) is 11.3 Å². The van der Waals surface area contributed by atoms with Gasteiger partial charge in [0.05, 0.1) is 3.79 Å². The lowest BCUT2D eigenvalue weighted by atomic mass is 10.1. The Morgan fingerprint density at radius 3 is 2.80 bits per heavy atom. The summed E-state index contributed by atoms with van der Waals surface area (Å²) in [5, 5.41) is 12.1. The van der Waals surface area contributed by atoms with Gasteiger partial charge in [0.15, 0.2) is 0 Å². The van der Waals surface area contributed by atoms with Crippen LogP contribution in [0.15, 0.2) is 14.3 Å². The molecule has 1 atom stereocenters. The predicted octanol–water partition coefficient (Wildman–Crippen LogP) is 3.38. The molecule has 1 rings (SSSR count). The highest BCUT2D eigenvalue weighted by Gasteiger charge is 2.05. The zero-order valence-corrected chi connectivity index (χ0v) is 12.6. The monoisotopic (exact) mass is 355 g/mol. The van der Waals surface area contributed by atoms with Gasteiger partial charge in [0.25, 0.3) is 0 Å². The first-order valence-corrected chi connectivity index (χ1v) is 7.29. The van der Waals surface area contributed by atoms with Crippen LogP contribution in [0.2, 0.25) is 0 Å². The normalized spacial score (nSPS) is 13.1. The molecule has 0 aromatic carbocycles. The molecule has 2 nitrogen and oxygen atoms in total. The van der Waals surface area contributed by atoms with E-state index in [2.05, 4.69) is 50.2 Å². The topological polar surface area (TPSA) is 32.3 Å². The number of thiophene rings is 1. The zero-order valence-electron chi connectivity index (χ0n) is 8.59. The van der Waals surface area contributed by atoms with E-state index >= 15 is 0 Å². The molecule has 1 aromatic heterocycles. The summed E-state index contributed by atoms with van der Waals surface area (Å²) < 4.78 is 2.26. The minimum Gasteiger partial charge on any atom is -0.396 e. The van der Waals surface area contributed by atoms with Crippen LogP contribution in [0.5, 0.6) is 0 Å². The summed E-state index contributed by atoms with van der Waals surface area (Å²) >= 11 is 8.67. The van der Waals surface area contributed by atoms with E-state index in [1.807, 2.05) is 0 Å². The molecule has 0 aliphatic rings. The largest absolute Gasteiger partial charge is 0.396 e. The third-order valence-electron chi connectivity index (χ3n) is 2.11. The van der Waals surface area contributed by atoms with Crippen LogP contribution in [0, 0.1) is 5.92 Å². The van der Waals surface area contributed by atoms with Crippen molar-refractivity contribution in [2.24, 2.45) is 5.92 Å². The highest BCUT2D eigenvalue weighted by molar-refractivity contribution is 9.13. The summed E-state index contributed by atoms with van der Waals surface area (Å²) in [5.41, 5.74) is 0. The Morgan fingerprint density at radius 1 is 1.53 bits per heavy atom. The molecule has 0 amide bonds. The van der Waals surface area contributed by atoms with E-state index < -0.39 is 0 Å². The summed E-state index contributed by atoms with van der Waals surface area (Å²) in [6.45, 7) is 4.26. The Morgan fingerprint density at radius 2 is 2.27 bits per heavy atom.